The lowest BCUT2D eigenvalue weighted by Crippen LogP contribution is -2.41. The molecule has 1 aliphatic carbocycles. The zero-order valence-corrected chi connectivity index (χ0v) is 8.61. The molecule has 1 amide bonds. The molecule has 0 aromatic heterocycles. The summed E-state index contributed by atoms with van der Waals surface area (Å²) in [6.45, 7) is 0.907. The van der Waals surface area contributed by atoms with Crippen LogP contribution in [-0.4, -0.2) is 41.7 Å². The molecule has 0 aliphatic heterocycles. The van der Waals surface area contributed by atoms with E-state index in [1.807, 2.05) is 0 Å². The van der Waals surface area contributed by atoms with Gasteiger partial charge >= 0.3 is 0 Å². The highest BCUT2D eigenvalue weighted by atomic mass is 16.3. The summed E-state index contributed by atoms with van der Waals surface area (Å²) in [7, 11) is 0. The van der Waals surface area contributed by atoms with E-state index in [9.17, 15) is 4.79 Å². The molecule has 1 rings (SSSR count). The number of aliphatic hydroxyl groups excluding tert-OH is 1. The number of nitrogens with two attached hydrogens (primary N) is 1. The van der Waals surface area contributed by atoms with Gasteiger partial charge in [-0.1, -0.05) is 12.8 Å². The van der Waals surface area contributed by atoms with Crippen LogP contribution in [0.15, 0.2) is 0 Å². The minimum Gasteiger partial charge on any atom is -0.395 e. The number of hydrogen-bond acceptors (Lipinski definition) is 3. The Hall–Kier alpha value is -0.610. The first-order valence-electron chi connectivity index (χ1n) is 5.40. The largest absolute Gasteiger partial charge is 0.395 e. The second kappa shape index (κ2) is 5.98. The number of hydrogen-bond donors (Lipinski definition) is 2. The van der Waals surface area contributed by atoms with Crippen LogP contribution in [0.4, 0.5) is 0 Å². The Labute approximate surface area is 85.1 Å². The molecule has 0 unspecified atom stereocenters. The summed E-state index contributed by atoms with van der Waals surface area (Å²) in [5, 5.41) is 8.89. The predicted octanol–water partition coefficient (Wildman–Crippen LogP) is 0.0987. The topological polar surface area (TPSA) is 66.6 Å². The van der Waals surface area contributed by atoms with Gasteiger partial charge in [0.05, 0.1) is 6.61 Å². The molecule has 0 heterocycles. The van der Waals surface area contributed by atoms with Gasteiger partial charge in [0.15, 0.2) is 0 Å². The van der Waals surface area contributed by atoms with Gasteiger partial charge in [0.2, 0.25) is 5.91 Å². The molecule has 1 saturated carbocycles. The van der Waals surface area contributed by atoms with E-state index in [1.165, 1.54) is 12.8 Å². The lowest BCUT2D eigenvalue weighted by atomic mass is 10.2. The Morgan fingerprint density at radius 2 is 2.07 bits per heavy atom. The first-order valence-corrected chi connectivity index (χ1v) is 5.40. The van der Waals surface area contributed by atoms with Crippen molar-refractivity contribution in [2.45, 2.75) is 38.1 Å². The fourth-order valence-electron chi connectivity index (χ4n) is 2.10. The third kappa shape index (κ3) is 2.96. The predicted molar refractivity (Wildman–Crippen MR) is 54.7 cm³/mol. The SMILES string of the molecule is NCCC(=O)N(CCO)C1CCCC1. The summed E-state index contributed by atoms with van der Waals surface area (Å²) in [5.74, 6) is 0.0912. The molecule has 0 atom stereocenters. The van der Waals surface area contributed by atoms with Crippen molar-refractivity contribution >= 4 is 5.91 Å². The summed E-state index contributed by atoms with van der Waals surface area (Å²) in [4.78, 5) is 13.5. The molecular weight excluding hydrogens is 180 g/mol. The molecule has 4 nitrogen and oxygen atoms in total. The van der Waals surface area contributed by atoms with E-state index in [4.69, 9.17) is 10.8 Å². The molecule has 0 radical (unpaired) electrons. The first kappa shape index (κ1) is 11.5. The van der Waals surface area contributed by atoms with Crippen molar-refractivity contribution in [3.8, 4) is 0 Å². The van der Waals surface area contributed by atoms with Crippen molar-refractivity contribution in [2.75, 3.05) is 19.7 Å². The Morgan fingerprint density at radius 3 is 2.57 bits per heavy atom. The van der Waals surface area contributed by atoms with E-state index in [2.05, 4.69) is 0 Å². The summed E-state index contributed by atoms with van der Waals surface area (Å²) in [6.07, 6.45) is 4.95. The van der Waals surface area contributed by atoms with Crippen LogP contribution in [0.25, 0.3) is 0 Å². The van der Waals surface area contributed by atoms with Gasteiger partial charge in [-0.3, -0.25) is 4.79 Å². The lowest BCUT2D eigenvalue weighted by Gasteiger charge is -2.28. The maximum Gasteiger partial charge on any atom is 0.224 e. The van der Waals surface area contributed by atoms with Crippen molar-refractivity contribution in [3.63, 3.8) is 0 Å². The van der Waals surface area contributed by atoms with Gasteiger partial charge in [0, 0.05) is 25.6 Å². The summed E-state index contributed by atoms with van der Waals surface area (Å²) in [5.41, 5.74) is 5.35. The molecule has 0 bridgehead atoms. The summed E-state index contributed by atoms with van der Waals surface area (Å²) < 4.78 is 0. The Bertz CT molecular complexity index is 179. The third-order valence-corrected chi connectivity index (χ3v) is 2.78. The number of carbonyl (C=O) groups is 1. The van der Waals surface area contributed by atoms with Crippen LogP contribution in [0.2, 0.25) is 0 Å². The number of carbonyl (C=O) groups excluding carboxylic acids is 1. The minimum absolute atomic E-state index is 0.0484. The second-order valence-corrected chi connectivity index (χ2v) is 3.79. The number of rotatable bonds is 5. The van der Waals surface area contributed by atoms with Crippen molar-refractivity contribution in [1.82, 2.24) is 4.90 Å². The van der Waals surface area contributed by atoms with Gasteiger partial charge in [-0.25, -0.2) is 0 Å². The first-order chi connectivity index (χ1) is 6.79. The number of nitrogens with zero attached hydrogens (tertiary/aromatic N) is 1. The Morgan fingerprint density at radius 1 is 1.43 bits per heavy atom. The Kier molecular flexibility index (Phi) is 4.90. The third-order valence-electron chi connectivity index (χ3n) is 2.78. The van der Waals surface area contributed by atoms with Crippen LogP contribution < -0.4 is 5.73 Å². The molecule has 0 spiro atoms. The fraction of sp³-hybridized carbons (Fsp3) is 0.900. The van der Waals surface area contributed by atoms with E-state index >= 15 is 0 Å². The molecule has 0 aromatic rings. The van der Waals surface area contributed by atoms with Crippen molar-refractivity contribution in [1.29, 1.82) is 0 Å². The summed E-state index contributed by atoms with van der Waals surface area (Å²) in [6, 6.07) is 0.348. The number of aliphatic hydroxyl groups is 1. The maximum atomic E-state index is 11.7. The Balaban J connectivity index is 2.48. The monoisotopic (exact) mass is 200 g/mol. The van der Waals surface area contributed by atoms with E-state index in [1.54, 1.807) is 4.90 Å². The molecular formula is C10H20N2O2. The highest BCUT2D eigenvalue weighted by Gasteiger charge is 2.25. The van der Waals surface area contributed by atoms with Crippen LogP contribution in [0.5, 0.6) is 0 Å². The summed E-state index contributed by atoms with van der Waals surface area (Å²) >= 11 is 0. The molecule has 0 aromatic carbocycles. The highest BCUT2D eigenvalue weighted by Crippen LogP contribution is 2.23. The van der Waals surface area contributed by atoms with Crippen LogP contribution in [0, 0.1) is 0 Å². The van der Waals surface area contributed by atoms with Gasteiger partial charge in [-0.15, -0.1) is 0 Å². The van der Waals surface area contributed by atoms with Gasteiger partial charge in [0.25, 0.3) is 0 Å². The van der Waals surface area contributed by atoms with Crippen molar-refractivity contribution in [2.24, 2.45) is 5.73 Å². The molecule has 4 heteroatoms. The standard InChI is InChI=1S/C10H20N2O2/c11-6-5-10(14)12(7-8-13)9-3-1-2-4-9/h9,13H,1-8,11H2. The average molecular weight is 200 g/mol. The second-order valence-electron chi connectivity index (χ2n) is 3.79. The molecule has 1 fully saturated rings. The van der Waals surface area contributed by atoms with Crippen LogP contribution >= 0.6 is 0 Å². The average Bonchev–Trinajstić information content (AvgIpc) is 2.67. The van der Waals surface area contributed by atoms with Gasteiger partial charge in [0.1, 0.15) is 0 Å². The zero-order valence-electron chi connectivity index (χ0n) is 8.61. The van der Waals surface area contributed by atoms with Crippen LogP contribution in [-0.2, 0) is 4.79 Å². The molecule has 1 aliphatic rings. The zero-order chi connectivity index (χ0) is 10.4. The smallest absolute Gasteiger partial charge is 0.224 e. The maximum absolute atomic E-state index is 11.7. The van der Waals surface area contributed by atoms with Crippen molar-refractivity contribution < 1.29 is 9.90 Å². The normalized spacial score (nSPS) is 17.3. The van der Waals surface area contributed by atoms with Gasteiger partial charge in [-0.2, -0.15) is 0 Å². The fourth-order valence-corrected chi connectivity index (χ4v) is 2.10. The molecule has 82 valence electrons. The van der Waals surface area contributed by atoms with Crippen LogP contribution in [0.1, 0.15) is 32.1 Å². The van der Waals surface area contributed by atoms with Gasteiger partial charge < -0.3 is 15.7 Å². The minimum atomic E-state index is 0.0484. The van der Waals surface area contributed by atoms with Crippen LogP contribution in [0.3, 0.4) is 0 Å². The van der Waals surface area contributed by atoms with E-state index in [0.717, 1.165) is 12.8 Å². The highest BCUT2D eigenvalue weighted by molar-refractivity contribution is 5.76. The molecule has 0 saturated heterocycles. The quantitative estimate of drug-likeness (QED) is 0.661. The lowest BCUT2D eigenvalue weighted by molar-refractivity contribution is -0.133. The van der Waals surface area contributed by atoms with Crippen molar-refractivity contribution in [3.05, 3.63) is 0 Å². The van der Waals surface area contributed by atoms with Gasteiger partial charge in [-0.05, 0) is 12.8 Å². The molecule has 3 N–H and O–H groups in total. The molecule has 14 heavy (non-hydrogen) atoms. The van der Waals surface area contributed by atoms with E-state index < -0.39 is 0 Å². The van der Waals surface area contributed by atoms with E-state index in [0.29, 0.717) is 25.6 Å². The number of amides is 1. The van der Waals surface area contributed by atoms with E-state index in [-0.39, 0.29) is 12.5 Å².